The summed E-state index contributed by atoms with van der Waals surface area (Å²) in [6, 6.07) is 6.30. The largest absolute Gasteiger partial charge is 0.427 e. The maximum Gasteiger partial charge on any atom is 0.427 e. The van der Waals surface area contributed by atoms with E-state index in [9.17, 15) is 17.6 Å². The number of fused-ring (bicyclic) bond motifs is 1. The van der Waals surface area contributed by atoms with Crippen molar-refractivity contribution in [2.75, 3.05) is 0 Å². The Hall–Kier alpha value is -1.59. The fourth-order valence-corrected chi connectivity index (χ4v) is 1.25. The third kappa shape index (κ3) is 1.79. The van der Waals surface area contributed by atoms with Crippen LogP contribution >= 0.6 is 0 Å². The van der Waals surface area contributed by atoms with Crippen molar-refractivity contribution in [3.05, 3.63) is 30.1 Å². The molecule has 0 aliphatic heterocycles. The van der Waals surface area contributed by atoms with E-state index in [4.69, 9.17) is 0 Å². The van der Waals surface area contributed by atoms with Crippen molar-refractivity contribution in [3.63, 3.8) is 0 Å². The zero-order chi connectivity index (χ0) is 11.1. The van der Waals surface area contributed by atoms with Gasteiger partial charge < -0.3 is 4.98 Å². The number of halogens is 4. The van der Waals surface area contributed by atoms with Crippen LogP contribution in [-0.2, 0) is 0 Å². The lowest BCUT2D eigenvalue weighted by molar-refractivity contribution is -0.184. The van der Waals surface area contributed by atoms with Crippen molar-refractivity contribution < 1.29 is 17.6 Å². The van der Waals surface area contributed by atoms with Crippen LogP contribution in [0.5, 0.6) is 0 Å². The highest BCUT2D eigenvalue weighted by Gasteiger charge is 2.43. The molecule has 1 N–H and O–H groups in total. The van der Waals surface area contributed by atoms with Gasteiger partial charge in [0, 0.05) is 0 Å². The summed E-state index contributed by atoms with van der Waals surface area (Å²) in [6.07, 6.45) is -7.99. The Balaban J connectivity index is 2.45. The van der Waals surface area contributed by atoms with E-state index in [0.717, 1.165) is 0 Å². The number of benzene rings is 1. The van der Waals surface area contributed by atoms with Crippen LogP contribution < -0.4 is 0 Å². The number of H-pyrrole nitrogens is 1. The van der Waals surface area contributed by atoms with Gasteiger partial charge >= 0.3 is 6.18 Å². The number of para-hydroxylation sites is 2. The van der Waals surface area contributed by atoms with Crippen LogP contribution in [-0.4, -0.2) is 16.1 Å². The standard InChI is InChI=1S/C9H6F4N2/c10-7(9(11,12)13)8-14-5-3-1-2-4-6(5)15-8/h1-4,7H,(H,14,15)/t7-/m1/s1. The van der Waals surface area contributed by atoms with Crippen LogP contribution in [0.1, 0.15) is 12.0 Å². The lowest BCUT2D eigenvalue weighted by Crippen LogP contribution is -2.17. The van der Waals surface area contributed by atoms with Gasteiger partial charge in [0.05, 0.1) is 11.0 Å². The Morgan fingerprint density at radius 3 is 2.47 bits per heavy atom. The first-order valence-electron chi connectivity index (χ1n) is 4.14. The van der Waals surface area contributed by atoms with Crippen LogP contribution in [0.4, 0.5) is 17.6 Å². The molecule has 0 fully saturated rings. The highest BCUT2D eigenvalue weighted by atomic mass is 19.4. The first kappa shape index (κ1) is 9.95. The first-order valence-corrected chi connectivity index (χ1v) is 4.14. The third-order valence-corrected chi connectivity index (χ3v) is 1.94. The molecular weight excluding hydrogens is 212 g/mol. The van der Waals surface area contributed by atoms with Crippen LogP contribution in [0, 0.1) is 0 Å². The Morgan fingerprint density at radius 2 is 1.87 bits per heavy atom. The van der Waals surface area contributed by atoms with Crippen LogP contribution in [0.25, 0.3) is 11.0 Å². The molecule has 0 saturated carbocycles. The predicted octanol–water partition coefficient (Wildman–Crippen LogP) is 3.14. The number of hydrogen-bond acceptors (Lipinski definition) is 1. The van der Waals surface area contributed by atoms with Gasteiger partial charge in [-0.05, 0) is 12.1 Å². The van der Waals surface area contributed by atoms with Crippen molar-refractivity contribution in [2.45, 2.75) is 12.3 Å². The molecule has 0 radical (unpaired) electrons. The Bertz CT molecular complexity index is 441. The molecule has 2 aromatic rings. The zero-order valence-electron chi connectivity index (χ0n) is 7.35. The van der Waals surface area contributed by atoms with E-state index in [0.29, 0.717) is 11.0 Å². The summed E-state index contributed by atoms with van der Waals surface area (Å²) in [5, 5.41) is 0. The van der Waals surface area contributed by atoms with Crippen molar-refractivity contribution in [2.24, 2.45) is 0 Å². The van der Waals surface area contributed by atoms with Gasteiger partial charge in [0.25, 0.3) is 6.17 Å². The molecule has 2 rings (SSSR count). The molecular formula is C9H6F4N2. The van der Waals surface area contributed by atoms with Crippen LogP contribution in [0.2, 0.25) is 0 Å². The van der Waals surface area contributed by atoms with Crippen LogP contribution in [0.3, 0.4) is 0 Å². The summed E-state index contributed by atoms with van der Waals surface area (Å²) in [5.74, 6) is -0.705. The number of imidazole rings is 1. The topological polar surface area (TPSA) is 28.7 Å². The van der Waals surface area contributed by atoms with E-state index in [-0.39, 0.29) is 0 Å². The second-order valence-corrected chi connectivity index (χ2v) is 3.04. The molecule has 80 valence electrons. The number of aromatic amines is 1. The summed E-state index contributed by atoms with van der Waals surface area (Å²) in [5.41, 5.74) is 0.707. The average molecular weight is 218 g/mol. The fraction of sp³-hybridized carbons (Fsp3) is 0.222. The highest BCUT2D eigenvalue weighted by Crippen LogP contribution is 2.34. The van der Waals surface area contributed by atoms with Crippen molar-refractivity contribution in [1.29, 1.82) is 0 Å². The Morgan fingerprint density at radius 1 is 1.20 bits per heavy atom. The van der Waals surface area contributed by atoms with Gasteiger partial charge in [-0.3, -0.25) is 0 Å². The normalized spacial score (nSPS) is 14.4. The molecule has 0 saturated heterocycles. The van der Waals surface area contributed by atoms with E-state index < -0.39 is 18.2 Å². The molecule has 1 heterocycles. The number of nitrogens with zero attached hydrogens (tertiary/aromatic N) is 1. The smallest absolute Gasteiger partial charge is 0.339 e. The molecule has 0 bridgehead atoms. The molecule has 0 aliphatic rings. The number of nitrogens with one attached hydrogen (secondary N) is 1. The van der Waals surface area contributed by atoms with E-state index >= 15 is 0 Å². The quantitative estimate of drug-likeness (QED) is 0.732. The number of alkyl halides is 4. The lowest BCUT2D eigenvalue weighted by Gasteiger charge is -2.08. The molecule has 1 aromatic heterocycles. The Labute approximate surface area is 81.9 Å². The molecule has 1 aromatic carbocycles. The highest BCUT2D eigenvalue weighted by molar-refractivity contribution is 5.74. The average Bonchev–Trinajstić information content (AvgIpc) is 2.58. The minimum atomic E-state index is -4.92. The van der Waals surface area contributed by atoms with Gasteiger partial charge in [-0.2, -0.15) is 13.2 Å². The van der Waals surface area contributed by atoms with E-state index in [1.165, 1.54) is 12.1 Å². The molecule has 0 unspecified atom stereocenters. The first-order chi connectivity index (χ1) is 6.98. The monoisotopic (exact) mass is 218 g/mol. The van der Waals surface area contributed by atoms with E-state index in [2.05, 4.69) is 9.97 Å². The van der Waals surface area contributed by atoms with Gasteiger partial charge in [0.2, 0.25) is 0 Å². The summed E-state index contributed by atoms with van der Waals surface area (Å²) in [6.45, 7) is 0. The molecule has 1 atom stereocenters. The second-order valence-electron chi connectivity index (χ2n) is 3.04. The maximum absolute atomic E-state index is 12.9. The zero-order valence-corrected chi connectivity index (χ0v) is 7.35. The number of aromatic nitrogens is 2. The third-order valence-electron chi connectivity index (χ3n) is 1.94. The van der Waals surface area contributed by atoms with Crippen LogP contribution in [0.15, 0.2) is 24.3 Å². The summed E-state index contributed by atoms with van der Waals surface area (Å²) < 4.78 is 48.9. The molecule has 15 heavy (non-hydrogen) atoms. The molecule has 6 heteroatoms. The predicted molar refractivity (Wildman–Crippen MR) is 46.0 cm³/mol. The minimum Gasteiger partial charge on any atom is -0.339 e. The van der Waals surface area contributed by atoms with Gasteiger partial charge in [0.15, 0.2) is 5.82 Å². The molecule has 0 aliphatic carbocycles. The van der Waals surface area contributed by atoms with Gasteiger partial charge in [0.1, 0.15) is 0 Å². The summed E-state index contributed by atoms with van der Waals surface area (Å²) >= 11 is 0. The summed E-state index contributed by atoms with van der Waals surface area (Å²) in [4.78, 5) is 5.82. The van der Waals surface area contributed by atoms with Crippen molar-refractivity contribution >= 4 is 11.0 Å². The van der Waals surface area contributed by atoms with Gasteiger partial charge in [-0.15, -0.1) is 0 Å². The molecule has 2 nitrogen and oxygen atoms in total. The maximum atomic E-state index is 12.9. The van der Waals surface area contributed by atoms with Gasteiger partial charge in [-0.25, -0.2) is 9.37 Å². The number of rotatable bonds is 1. The molecule has 0 spiro atoms. The van der Waals surface area contributed by atoms with Crippen molar-refractivity contribution in [1.82, 2.24) is 9.97 Å². The Kier molecular flexibility index (Phi) is 2.13. The van der Waals surface area contributed by atoms with E-state index in [1.54, 1.807) is 12.1 Å². The number of hydrogen-bond donors (Lipinski definition) is 1. The van der Waals surface area contributed by atoms with E-state index in [1.807, 2.05) is 0 Å². The van der Waals surface area contributed by atoms with Gasteiger partial charge in [-0.1, -0.05) is 12.1 Å². The lowest BCUT2D eigenvalue weighted by atomic mass is 10.3. The summed E-state index contributed by atoms with van der Waals surface area (Å²) in [7, 11) is 0. The minimum absolute atomic E-state index is 0.319. The SMILES string of the molecule is F[C@H](c1nc2ccccc2[nH]1)C(F)(F)F. The second kappa shape index (κ2) is 3.22. The molecule has 0 amide bonds. The van der Waals surface area contributed by atoms with Crippen molar-refractivity contribution in [3.8, 4) is 0 Å². The fourth-order valence-electron chi connectivity index (χ4n) is 1.25.